The fraction of sp³-hybridized carbons (Fsp3) is 0.137. The first-order chi connectivity index (χ1) is 35.7. The Hall–Kier alpha value is -9.06. The molecule has 17 nitrogen and oxygen atoms in total. The molecular weight excluding hydrogens is 1050 g/mol. The molecule has 4 aromatic carbocycles. The second kappa shape index (κ2) is 22.0. The number of nitrogen functional groups attached to an aromatic ring is 1. The van der Waals surface area contributed by atoms with Gasteiger partial charge in [-0.1, -0.05) is 58.4 Å². The highest BCUT2D eigenvalue weighted by Gasteiger charge is 2.31. The van der Waals surface area contributed by atoms with E-state index < -0.39 is 29.4 Å². The van der Waals surface area contributed by atoms with Gasteiger partial charge in [0.25, 0.3) is 5.91 Å². The number of carbonyl (C=O) groups is 2. The number of aromatic nitrogens is 12. The minimum Gasteiger partial charge on any atom is -0.383 e. The molecule has 1 amide bonds. The molecule has 6 heterocycles. The molecule has 0 saturated carbocycles. The van der Waals surface area contributed by atoms with Crippen LogP contribution in [0.5, 0.6) is 0 Å². The molecule has 10 aromatic rings. The van der Waals surface area contributed by atoms with E-state index >= 15 is 0 Å². The van der Waals surface area contributed by atoms with Crippen LogP contribution in [0.1, 0.15) is 48.5 Å². The predicted molar refractivity (Wildman–Crippen MR) is 271 cm³/mol. The van der Waals surface area contributed by atoms with E-state index in [0.29, 0.717) is 68.2 Å². The van der Waals surface area contributed by atoms with E-state index in [9.17, 15) is 35.9 Å². The summed E-state index contributed by atoms with van der Waals surface area (Å²) in [5.74, 6) is 0.845. The third-order valence-electron chi connectivity index (χ3n) is 10.9. The molecule has 380 valence electrons. The lowest BCUT2D eigenvalue weighted by Crippen LogP contribution is -2.13. The van der Waals surface area contributed by atoms with Crippen molar-refractivity contribution in [2.45, 2.75) is 32.6 Å². The van der Waals surface area contributed by atoms with E-state index in [4.69, 9.17) is 5.73 Å². The summed E-state index contributed by atoms with van der Waals surface area (Å²) >= 11 is 3.31. The lowest BCUT2D eigenvalue weighted by molar-refractivity contribution is -0.138. The van der Waals surface area contributed by atoms with Crippen LogP contribution in [0.2, 0.25) is 0 Å². The Morgan fingerprint density at radius 2 is 1.23 bits per heavy atom. The van der Waals surface area contributed by atoms with Crippen molar-refractivity contribution in [3.8, 4) is 23.0 Å². The number of fused-ring (bicyclic) bond motifs is 2. The maximum absolute atomic E-state index is 13.1. The first kappa shape index (κ1) is 52.3. The minimum atomic E-state index is -4.47. The van der Waals surface area contributed by atoms with Gasteiger partial charge < -0.3 is 16.4 Å². The summed E-state index contributed by atoms with van der Waals surface area (Å²) in [6.07, 6.45) is 3.88. The van der Waals surface area contributed by atoms with Gasteiger partial charge in [0, 0.05) is 84.7 Å². The molecule has 0 radical (unpaired) electrons. The Morgan fingerprint density at radius 3 is 1.84 bits per heavy atom. The fourth-order valence-corrected chi connectivity index (χ4v) is 7.50. The summed E-state index contributed by atoms with van der Waals surface area (Å²) in [4.78, 5) is 59.0. The zero-order valence-electron chi connectivity index (χ0n) is 39.8. The number of Topliss-reactive ketones (excluding diaryl/α,β-unsaturated/α-hetero) is 1. The Labute approximate surface area is 430 Å². The molecule has 0 unspecified atom stereocenters. The maximum atomic E-state index is 13.1. The molecular formula is C51H40BrF6N15O2. The first-order valence-electron chi connectivity index (χ1n) is 22.2. The highest BCUT2D eigenvalue weighted by molar-refractivity contribution is 9.10. The van der Waals surface area contributed by atoms with E-state index in [1.165, 1.54) is 30.5 Å². The van der Waals surface area contributed by atoms with Crippen LogP contribution in [0.15, 0.2) is 139 Å². The molecule has 0 aliphatic carbocycles. The lowest BCUT2D eigenvalue weighted by atomic mass is 9.99. The van der Waals surface area contributed by atoms with Gasteiger partial charge in [-0.15, -0.1) is 0 Å². The van der Waals surface area contributed by atoms with Crippen LogP contribution in [-0.4, -0.2) is 71.1 Å². The maximum Gasteiger partial charge on any atom is 0.416 e. The number of hydrogen-bond donors (Lipinski definition) is 3. The number of carbonyl (C=O) groups excluding carboxylic acids is 2. The topological polar surface area (TPSA) is 223 Å². The van der Waals surface area contributed by atoms with Crippen LogP contribution in [0.4, 0.5) is 49.4 Å². The summed E-state index contributed by atoms with van der Waals surface area (Å²) in [5.41, 5.74) is 9.86. The molecule has 0 atom stereocenters. The van der Waals surface area contributed by atoms with Gasteiger partial charge in [0.2, 0.25) is 0 Å². The van der Waals surface area contributed by atoms with E-state index in [1.807, 2.05) is 20.9 Å². The van der Waals surface area contributed by atoms with Crippen LogP contribution in [-0.2, 0) is 32.9 Å². The van der Waals surface area contributed by atoms with Crippen molar-refractivity contribution in [2.75, 3.05) is 16.4 Å². The van der Waals surface area contributed by atoms with Crippen molar-refractivity contribution in [3.05, 3.63) is 178 Å². The van der Waals surface area contributed by atoms with Crippen molar-refractivity contribution in [2.24, 2.45) is 14.1 Å². The van der Waals surface area contributed by atoms with Gasteiger partial charge >= 0.3 is 12.4 Å². The van der Waals surface area contributed by atoms with Gasteiger partial charge in [-0.25, -0.2) is 29.9 Å². The number of benzene rings is 4. The van der Waals surface area contributed by atoms with E-state index in [-0.39, 0.29) is 23.5 Å². The fourth-order valence-electron chi connectivity index (χ4n) is 7.12. The molecule has 10 rings (SSSR count). The number of ketones is 1. The second-order valence-electron chi connectivity index (χ2n) is 16.5. The standard InChI is InChI=1S/C26H20F3N7O.C15H11BrF3NO.C10H9N7/c1-15-6-7-17(22(37)11-16-4-3-5-18(10-16)26(27,28)29)12-20(15)32-23-19-14-36(2)35-24(19)34-25(33-23)21-13-30-8-9-31-21;1-9-5-6-10(7-13(9)16)14(21)20-12-4-2-3-11(8-12)15(17,18)19;1-17-5-6-8(11)14-10(15-9(6)16-17)7-4-12-2-3-13-7/h3-10,12-14H,11H2,1-2H3,(H,32,33,34,35);2-8H,1H3,(H,20,21);2-5H,1H3,(H2,11,14,15,16). The number of aryl methyl sites for hydroxylation is 4. The number of halogens is 7. The Balaban J connectivity index is 0.000000165. The van der Waals surface area contributed by atoms with E-state index in [2.05, 4.69) is 76.6 Å². The molecule has 0 aliphatic rings. The van der Waals surface area contributed by atoms with Crippen LogP contribution in [0.25, 0.3) is 45.1 Å². The Bertz CT molecular complexity index is 3700. The molecule has 0 bridgehead atoms. The van der Waals surface area contributed by atoms with Crippen molar-refractivity contribution in [1.82, 2.24) is 59.4 Å². The highest BCUT2D eigenvalue weighted by atomic mass is 79.9. The third kappa shape index (κ3) is 13.0. The van der Waals surface area contributed by atoms with Crippen molar-refractivity contribution in [1.29, 1.82) is 0 Å². The van der Waals surface area contributed by atoms with Crippen molar-refractivity contribution in [3.63, 3.8) is 0 Å². The van der Waals surface area contributed by atoms with Gasteiger partial charge in [-0.05, 0) is 73.0 Å². The van der Waals surface area contributed by atoms with E-state index in [1.54, 1.807) is 96.2 Å². The smallest absolute Gasteiger partial charge is 0.383 e. The minimum absolute atomic E-state index is 0.103. The van der Waals surface area contributed by atoms with Gasteiger partial charge in [-0.2, -0.15) is 36.5 Å². The van der Waals surface area contributed by atoms with Gasteiger partial charge in [0.05, 0.1) is 34.3 Å². The van der Waals surface area contributed by atoms with Crippen LogP contribution >= 0.6 is 15.9 Å². The third-order valence-corrected chi connectivity index (χ3v) is 11.8. The number of amides is 1. The van der Waals surface area contributed by atoms with Gasteiger partial charge in [-0.3, -0.25) is 28.9 Å². The highest BCUT2D eigenvalue weighted by Crippen LogP contribution is 2.33. The molecule has 0 aliphatic heterocycles. The van der Waals surface area contributed by atoms with Crippen molar-refractivity contribution < 1.29 is 35.9 Å². The number of nitrogens with zero attached hydrogens (tertiary/aromatic N) is 12. The number of alkyl halides is 6. The second-order valence-corrected chi connectivity index (χ2v) is 17.4. The number of hydrogen-bond acceptors (Lipinski definition) is 14. The molecule has 4 N–H and O–H groups in total. The SMILES string of the molecule is Cc1ccc(C(=O)Cc2cccc(C(F)(F)F)c2)cc1Nc1nc(-c2cnccn2)nc2nn(C)cc12.Cc1ccc(C(=O)Nc2cccc(C(F)(F)F)c2)cc1Br.Cn1cc2c(N)nc(-c3cnccn3)nc2n1. The number of rotatable bonds is 9. The molecule has 75 heavy (non-hydrogen) atoms. The molecule has 0 spiro atoms. The summed E-state index contributed by atoms with van der Waals surface area (Å²) < 4.78 is 81.0. The van der Waals surface area contributed by atoms with Crippen molar-refractivity contribution >= 4 is 72.7 Å². The summed E-state index contributed by atoms with van der Waals surface area (Å²) in [6, 6.07) is 19.4. The molecule has 24 heteroatoms. The summed E-state index contributed by atoms with van der Waals surface area (Å²) in [6.45, 7) is 3.74. The van der Waals surface area contributed by atoms with Crippen LogP contribution in [0.3, 0.4) is 0 Å². The summed E-state index contributed by atoms with van der Waals surface area (Å²) in [7, 11) is 3.58. The predicted octanol–water partition coefficient (Wildman–Crippen LogP) is 10.7. The van der Waals surface area contributed by atoms with Gasteiger partial charge in [0.1, 0.15) is 23.0 Å². The number of nitrogens with two attached hydrogens (primary N) is 1. The van der Waals surface area contributed by atoms with E-state index in [0.717, 1.165) is 45.3 Å². The first-order valence-corrected chi connectivity index (χ1v) is 23.0. The zero-order valence-corrected chi connectivity index (χ0v) is 41.4. The average Bonchev–Trinajstić information content (AvgIpc) is 3.97. The Morgan fingerprint density at radius 1 is 0.653 bits per heavy atom. The largest absolute Gasteiger partial charge is 0.416 e. The summed E-state index contributed by atoms with van der Waals surface area (Å²) in [5, 5.41) is 15.7. The van der Waals surface area contributed by atoms with Crippen LogP contribution < -0.4 is 16.4 Å². The van der Waals surface area contributed by atoms with Gasteiger partial charge in [0.15, 0.2) is 28.7 Å². The molecule has 0 fully saturated rings. The van der Waals surface area contributed by atoms with Crippen LogP contribution in [0, 0.1) is 13.8 Å². The lowest BCUT2D eigenvalue weighted by Gasteiger charge is -2.13. The molecule has 6 aromatic heterocycles. The number of nitrogens with one attached hydrogen (secondary N) is 2. The Kier molecular flexibility index (Phi) is 15.3. The zero-order chi connectivity index (χ0) is 53.6. The quantitative estimate of drug-likeness (QED) is 0.0904. The monoisotopic (exact) mass is 1090 g/mol. The molecule has 0 saturated heterocycles. The normalized spacial score (nSPS) is 11.3. The average molecular weight is 1090 g/mol. The number of anilines is 4.